The predicted octanol–water partition coefficient (Wildman–Crippen LogP) is 1.91. The Balaban J connectivity index is 1.68. The van der Waals surface area contributed by atoms with Crippen molar-refractivity contribution in [1.82, 2.24) is 4.90 Å². The molecule has 2 aliphatic rings. The van der Waals surface area contributed by atoms with Crippen LogP contribution in [0.3, 0.4) is 0 Å². The molecule has 2 amide bonds. The second-order valence-electron chi connectivity index (χ2n) is 7.10. The lowest BCUT2D eigenvalue weighted by Crippen LogP contribution is -2.68. The number of nitrogens with two attached hydrogens (primary N) is 2. The number of ether oxygens (including phenoxy) is 2. The van der Waals surface area contributed by atoms with Gasteiger partial charge >= 0.3 is 12.1 Å². The van der Waals surface area contributed by atoms with Crippen molar-refractivity contribution >= 4 is 29.7 Å². The van der Waals surface area contributed by atoms with Gasteiger partial charge in [0.05, 0.1) is 0 Å². The summed E-state index contributed by atoms with van der Waals surface area (Å²) < 4.78 is 10.8. The van der Waals surface area contributed by atoms with Gasteiger partial charge in [-0.25, -0.2) is 9.59 Å². The molecule has 0 aromatic heterocycles. The number of amides is 2. The number of esters is 1. The first-order chi connectivity index (χ1) is 15.0. The van der Waals surface area contributed by atoms with Gasteiger partial charge in [0.25, 0.3) is 0 Å². The van der Waals surface area contributed by atoms with Crippen LogP contribution < -0.4 is 11.5 Å². The SMILES string of the molecule is NC(=O)OCC1=C(C(=O)OC(c2ccccc2)c2ccccc2)N2C(=O)C(N)[C@@H]2SC1. The molecule has 2 atom stereocenters. The molecule has 2 heterocycles. The molecule has 2 aliphatic heterocycles. The number of fused-ring (bicyclic) bond motifs is 1. The summed E-state index contributed by atoms with van der Waals surface area (Å²) in [6, 6.07) is 17.9. The minimum absolute atomic E-state index is 0.0635. The van der Waals surface area contributed by atoms with E-state index in [0.29, 0.717) is 11.3 Å². The molecule has 160 valence electrons. The van der Waals surface area contributed by atoms with Crippen molar-refractivity contribution < 1.29 is 23.9 Å². The van der Waals surface area contributed by atoms with Crippen LogP contribution in [0, 0.1) is 0 Å². The Labute approximate surface area is 183 Å². The lowest BCUT2D eigenvalue weighted by atomic mass is 10.0. The fourth-order valence-corrected chi connectivity index (χ4v) is 4.86. The second kappa shape index (κ2) is 8.83. The number of carbonyl (C=O) groups excluding carboxylic acids is 3. The van der Waals surface area contributed by atoms with E-state index in [0.717, 1.165) is 11.1 Å². The summed E-state index contributed by atoms with van der Waals surface area (Å²) in [7, 11) is 0. The van der Waals surface area contributed by atoms with E-state index in [2.05, 4.69) is 0 Å². The Bertz CT molecular complexity index is 988. The van der Waals surface area contributed by atoms with Crippen LogP contribution in [-0.4, -0.2) is 46.6 Å². The summed E-state index contributed by atoms with van der Waals surface area (Å²) >= 11 is 1.40. The Kier molecular flexibility index (Phi) is 5.97. The summed E-state index contributed by atoms with van der Waals surface area (Å²) in [5.74, 6) is -0.704. The van der Waals surface area contributed by atoms with Crippen molar-refractivity contribution in [2.75, 3.05) is 12.4 Å². The summed E-state index contributed by atoms with van der Waals surface area (Å²) in [6.45, 7) is -0.208. The van der Waals surface area contributed by atoms with E-state index in [1.165, 1.54) is 16.7 Å². The number of carbonyl (C=O) groups is 3. The van der Waals surface area contributed by atoms with Crippen LogP contribution >= 0.6 is 11.8 Å². The molecular weight excluding hydrogens is 418 g/mol. The van der Waals surface area contributed by atoms with Gasteiger partial charge in [-0.3, -0.25) is 9.69 Å². The van der Waals surface area contributed by atoms with Crippen LogP contribution in [0.15, 0.2) is 71.9 Å². The van der Waals surface area contributed by atoms with Crippen LogP contribution in [0.1, 0.15) is 17.2 Å². The van der Waals surface area contributed by atoms with Crippen LogP contribution in [-0.2, 0) is 19.1 Å². The molecule has 2 aromatic rings. The van der Waals surface area contributed by atoms with E-state index >= 15 is 0 Å². The first-order valence-corrected chi connectivity index (χ1v) is 10.7. The Morgan fingerprint density at radius 3 is 2.19 bits per heavy atom. The van der Waals surface area contributed by atoms with E-state index in [-0.39, 0.29) is 23.6 Å². The number of hydrogen-bond donors (Lipinski definition) is 2. The fourth-order valence-electron chi connectivity index (χ4n) is 3.58. The van der Waals surface area contributed by atoms with Gasteiger partial charge < -0.3 is 20.9 Å². The molecule has 0 bridgehead atoms. The lowest BCUT2D eigenvalue weighted by molar-refractivity contribution is -0.153. The molecule has 0 spiro atoms. The molecule has 0 aliphatic carbocycles. The maximum atomic E-state index is 13.4. The van der Waals surface area contributed by atoms with Crippen molar-refractivity contribution in [2.45, 2.75) is 17.5 Å². The molecule has 9 heteroatoms. The molecule has 8 nitrogen and oxygen atoms in total. The quantitative estimate of drug-likeness (QED) is 0.520. The molecule has 1 saturated heterocycles. The van der Waals surface area contributed by atoms with Crippen molar-refractivity contribution in [3.05, 3.63) is 83.1 Å². The third-order valence-electron chi connectivity index (χ3n) is 5.10. The molecule has 4 rings (SSSR count). The van der Waals surface area contributed by atoms with Crippen molar-refractivity contribution in [1.29, 1.82) is 0 Å². The Hall–Kier alpha value is -3.30. The highest BCUT2D eigenvalue weighted by atomic mass is 32.2. The van der Waals surface area contributed by atoms with E-state index in [4.69, 9.17) is 20.9 Å². The minimum Gasteiger partial charge on any atom is -0.448 e. The minimum atomic E-state index is -0.967. The summed E-state index contributed by atoms with van der Waals surface area (Å²) in [5.41, 5.74) is 13.1. The molecular formula is C22H21N3O5S. The molecule has 0 saturated carbocycles. The topological polar surface area (TPSA) is 125 Å². The zero-order valence-corrected chi connectivity index (χ0v) is 17.3. The summed E-state index contributed by atoms with van der Waals surface area (Å²) in [5, 5.41) is -0.362. The van der Waals surface area contributed by atoms with Crippen LogP contribution in [0.25, 0.3) is 0 Å². The highest BCUT2D eigenvalue weighted by molar-refractivity contribution is 8.00. The number of rotatable bonds is 6. The van der Waals surface area contributed by atoms with Crippen LogP contribution in [0.2, 0.25) is 0 Å². The third kappa shape index (κ3) is 4.14. The van der Waals surface area contributed by atoms with E-state index in [9.17, 15) is 14.4 Å². The van der Waals surface area contributed by atoms with Crippen LogP contribution in [0.5, 0.6) is 0 Å². The molecule has 4 N–H and O–H groups in total. The largest absolute Gasteiger partial charge is 0.448 e. The summed E-state index contributed by atoms with van der Waals surface area (Å²) in [4.78, 5) is 38.2. The van der Waals surface area contributed by atoms with Crippen molar-refractivity contribution in [3.63, 3.8) is 0 Å². The molecule has 1 fully saturated rings. The highest BCUT2D eigenvalue weighted by Gasteiger charge is 2.52. The number of nitrogens with zero attached hydrogens (tertiary/aromatic N) is 1. The standard InChI is InChI=1S/C22H21N3O5S/c23-16-19(26)25-17(15(11-29-22(24)28)12-31-20(16)25)21(27)30-18(13-7-3-1-4-8-13)14-9-5-2-6-10-14/h1-10,16,18,20H,11-12,23H2,(H2,24,28)/t16?,20-/m0/s1. The third-order valence-corrected chi connectivity index (χ3v) is 6.46. The number of primary amides is 1. The number of hydrogen-bond acceptors (Lipinski definition) is 7. The van der Waals surface area contributed by atoms with Crippen molar-refractivity contribution in [2.24, 2.45) is 11.5 Å². The number of thioether (sulfide) groups is 1. The average Bonchev–Trinajstić information content (AvgIpc) is 2.80. The number of benzene rings is 2. The van der Waals surface area contributed by atoms with E-state index in [1.54, 1.807) is 0 Å². The van der Waals surface area contributed by atoms with Crippen molar-refractivity contribution in [3.8, 4) is 0 Å². The smallest absolute Gasteiger partial charge is 0.404 e. The normalized spacial score (nSPS) is 20.2. The van der Waals surface area contributed by atoms with E-state index in [1.807, 2.05) is 60.7 Å². The first kappa shape index (κ1) is 21.0. The lowest BCUT2D eigenvalue weighted by Gasteiger charge is -2.48. The second-order valence-corrected chi connectivity index (χ2v) is 8.21. The predicted molar refractivity (Wildman–Crippen MR) is 114 cm³/mol. The monoisotopic (exact) mass is 439 g/mol. The molecule has 31 heavy (non-hydrogen) atoms. The summed E-state index contributed by atoms with van der Waals surface area (Å²) in [6.07, 6.45) is -1.65. The number of β-lactam (4-membered cyclic amide) rings is 1. The highest BCUT2D eigenvalue weighted by Crippen LogP contribution is 2.40. The van der Waals surface area contributed by atoms with E-state index < -0.39 is 24.2 Å². The average molecular weight is 439 g/mol. The molecule has 1 unspecified atom stereocenters. The molecule has 0 radical (unpaired) electrons. The molecule has 2 aromatic carbocycles. The van der Waals surface area contributed by atoms with Gasteiger partial charge in [0.1, 0.15) is 23.7 Å². The zero-order valence-electron chi connectivity index (χ0n) is 16.5. The zero-order chi connectivity index (χ0) is 22.0. The van der Waals surface area contributed by atoms with Gasteiger partial charge in [-0.1, -0.05) is 60.7 Å². The van der Waals surface area contributed by atoms with Gasteiger partial charge in [-0.15, -0.1) is 11.8 Å². The Morgan fingerprint density at radius 1 is 1.06 bits per heavy atom. The van der Waals surface area contributed by atoms with Gasteiger partial charge in [-0.05, 0) is 11.1 Å². The van der Waals surface area contributed by atoms with Gasteiger partial charge in [0.15, 0.2) is 6.10 Å². The fraction of sp³-hybridized carbons (Fsp3) is 0.227. The Morgan fingerprint density at radius 2 is 1.65 bits per heavy atom. The van der Waals surface area contributed by atoms with Gasteiger partial charge in [-0.2, -0.15) is 0 Å². The van der Waals surface area contributed by atoms with Gasteiger partial charge in [0, 0.05) is 11.3 Å². The van der Waals surface area contributed by atoms with Crippen LogP contribution in [0.4, 0.5) is 4.79 Å². The maximum Gasteiger partial charge on any atom is 0.404 e. The first-order valence-electron chi connectivity index (χ1n) is 9.62. The van der Waals surface area contributed by atoms with Gasteiger partial charge in [0.2, 0.25) is 5.91 Å². The maximum absolute atomic E-state index is 13.4.